The number of hydrogen-bond donors (Lipinski definition) is 9. The molecule has 1 aliphatic carbocycles. The summed E-state index contributed by atoms with van der Waals surface area (Å²) in [6.45, 7) is 4.07. The molecule has 14 nitrogen and oxygen atoms in total. The molecule has 14 heteroatoms. The number of hydrogen-bond acceptors (Lipinski definition) is 13. The van der Waals surface area contributed by atoms with E-state index in [9.17, 15) is 20.1 Å². The van der Waals surface area contributed by atoms with Crippen molar-refractivity contribution in [3.63, 3.8) is 0 Å². The standard InChI is InChI=1S/C28H54N6O8/c1-16-15-39-28(24(37)23(16)32-2)42-27-20(34-21(36)8-5-11-30)12-19(31)26(25(27)38)41-22-9-3-7-18(40-22)14-33-13-17(35)6-4-10-29/h7,16-17,19-20,22-28,32-33,35,37-38H,3-6,8-15,29-31H2,1-2H3,(H,34,36)/t16-,17?,19+,20-,22-,23+,24-,25+,26-,27+,28-/m1/s1. The van der Waals surface area contributed by atoms with E-state index in [1.807, 2.05) is 13.0 Å². The largest absolute Gasteiger partial charge is 0.468 e. The zero-order valence-electron chi connectivity index (χ0n) is 25.0. The zero-order chi connectivity index (χ0) is 30.6. The number of amides is 1. The number of carbonyl (C=O) groups excluding carboxylic acids is 1. The molecule has 12 N–H and O–H groups in total. The molecule has 0 bridgehead atoms. The fraction of sp³-hybridized carbons (Fsp3) is 0.893. The molecule has 0 aromatic heterocycles. The van der Waals surface area contributed by atoms with Crippen LogP contribution in [-0.4, -0.2) is 122 Å². The van der Waals surface area contributed by atoms with Gasteiger partial charge in [-0.05, 0) is 64.2 Å². The highest BCUT2D eigenvalue weighted by atomic mass is 16.7. The predicted octanol–water partition coefficient (Wildman–Crippen LogP) is -2.28. The van der Waals surface area contributed by atoms with Crippen molar-refractivity contribution in [1.29, 1.82) is 0 Å². The van der Waals surface area contributed by atoms with Crippen LogP contribution in [0.4, 0.5) is 0 Å². The fourth-order valence-electron chi connectivity index (χ4n) is 5.82. The van der Waals surface area contributed by atoms with Crippen LogP contribution < -0.4 is 33.2 Å². The van der Waals surface area contributed by atoms with Crippen LogP contribution in [0.25, 0.3) is 0 Å². The highest BCUT2D eigenvalue weighted by Crippen LogP contribution is 2.31. The summed E-state index contributed by atoms with van der Waals surface area (Å²) in [5.74, 6) is 0.502. The molecule has 3 rings (SSSR count). The number of rotatable bonds is 16. The summed E-state index contributed by atoms with van der Waals surface area (Å²) in [5, 5.41) is 41.8. The van der Waals surface area contributed by atoms with Crippen molar-refractivity contribution >= 4 is 5.91 Å². The van der Waals surface area contributed by atoms with Gasteiger partial charge in [0, 0.05) is 31.5 Å². The number of ether oxygens (including phenoxy) is 4. The van der Waals surface area contributed by atoms with Gasteiger partial charge in [-0.25, -0.2) is 0 Å². The van der Waals surface area contributed by atoms with E-state index in [0.717, 1.165) is 6.42 Å². The van der Waals surface area contributed by atoms with Gasteiger partial charge in [0.15, 0.2) is 12.6 Å². The average molecular weight is 603 g/mol. The Labute approximate surface area is 249 Å². The molecule has 0 spiro atoms. The first-order valence-electron chi connectivity index (χ1n) is 15.3. The number of nitrogens with two attached hydrogens (primary N) is 3. The lowest BCUT2D eigenvalue weighted by molar-refractivity contribution is -0.286. The molecule has 2 heterocycles. The highest BCUT2D eigenvalue weighted by Gasteiger charge is 2.49. The number of allylic oxidation sites excluding steroid dienone is 1. The van der Waals surface area contributed by atoms with Crippen LogP contribution in [-0.2, 0) is 23.7 Å². The Morgan fingerprint density at radius 2 is 1.93 bits per heavy atom. The lowest BCUT2D eigenvalue weighted by Crippen LogP contribution is -2.67. The lowest BCUT2D eigenvalue weighted by Gasteiger charge is -2.47. The van der Waals surface area contributed by atoms with Crippen LogP contribution in [0.15, 0.2) is 11.8 Å². The number of aliphatic hydroxyl groups is 3. The van der Waals surface area contributed by atoms with E-state index in [0.29, 0.717) is 64.2 Å². The molecule has 0 aromatic carbocycles. The SMILES string of the molecule is CN[C@@H]1[C@@H](O)[C@@H](O[C@@H]2[C@@H](O)[C@H](O[C@@H]3CCC=C(CNCC(O)CCCN)O3)[C@@H](N)C[C@H]2NC(=O)CCCN)OC[C@H]1C. The summed E-state index contributed by atoms with van der Waals surface area (Å²) in [7, 11) is 1.76. The van der Waals surface area contributed by atoms with E-state index in [1.54, 1.807) is 7.05 Å². The van der Waals surface area contributed by atoms with Crippen LogP contribution in [0.5, 0.6) is 0 Å². The van der Waals surface area contributed by atoms with Crippen molar-refractivity contribution in [2.24, 2.45) is 23.1 Å². The van der Waals surface area contributed by atoms with Crippen LogP contribution in [0, 0.1) is 5.92 Å². The highest BCUT2D eigenvalue weighted by molar-refractivity contribution is 5.76. The van der Waals surface area contributed by atoms with Crippen molar-refractivity contribution in [2.45, 2.75) is 113 Å². The molecular weight excluding hydrogens is 548 g/mol. The third-order valence-corrected chi connectivity index (χ3v) is 8.17. The zero-order valence-corrected chi connectivity index (χ0v) is 25.0. The Hall–Kier alpha value is -1.43. The molecule has 3 aliphatic rings. The molecule has 42 heavy (non-hydrogen) atoms. The van der Waals surface area contributed by atoms with Crippen LogP contribution in [0.2, 0.25) is 0 Å². The van der Waals surface area contributed by atoms with Gasteiger partial charge >= 0.3 is 0 Å². The maximum Gasteiger partial charge on any atom is 0.220 e. The average Bonchev–Trinajstić information content (AvgIpc) is 2.96. The Balaban J connectivity index is 1.65. The summed E-state index contributed by atoms with van der Waals surface area (Å²) in [6, 6.07) is -1.54. The minimum atomic E-state index is -1.24. The molecule has 1 amide bonds. The summed E-state index contributed by atoms with van der Waals surface area (Å²) >= 11 is 0. The van der Waals surface area contributed by atoms with Gasteiger partial charge in [-0.2, -0.15) is 0 Å². The Morgan fingerprint density at radius 3 is 2.64 bits per heavy atom. The van der Waals surface area contributed by atoms with Gasteiger partial charge < -0.3 is 67.4 Å². The molecule has 1 saturated heterocycles. The smallest absolute Gasteiger partial charge is 0.220 e. The fourth-order valence-corrected chi connectivity index (χ4v) is 5.82. The molecule has 2 fully saturated rings. The van der Waals surface area contributed by atoms with Gasteiger partial charge in [0.25, 0.3) is 0 Å². The minimum absolute atomic E-state index is 0.0480. The second-order valence-corrected chi connectivity index (χ2v) is 11.7. The number of aliphatic hydroxyl groups excluding tert-OH is 3. The summed E-state index contributed by atoms with van der Waals surface area (Å²) in [5.41, 5.74) is 17.6. The van der Waals surface area contributed by atoms with E-state index in [2.05, 4.69) is 16.0 Å². The maximum absolute atomic E-state index is 12.6. The molecule has 244 valence electrons. The molecular formula is C28H54N6O8. The first kappa shape index (κ1) is 35.1. The molecule has 2 aliphatic heterocycles. The van der Waals surface area contributed by atoms with Crippen molar-refractivity contribution in [3.05, 3.63) is 11.8 Å². The van der Waals surface area contributed by atoms with Gasteiger partial charge in [0.1, 0.15) is 30.2 Å². The third kappa shape index (κ3) is 10.1. The Bertz CT molecular complexity index is 840. The van der Waals surface area contributed by atoms with Gasteiger partial charge in [-0.1, -0.05) is 6.92 Å². The quantitative estimate of drug-likeness (QED) is 0.0908. The summed E-state index contributed by atoms with van der Waals surface area (Å²) < 4.78 is 24.3. The molecule has 11 atom stereocenters. The van der Waals surface area contributed by atoms with E-state index >= 15 is 0 Å². The van der Waals surface area contributed by atoms with Gasteiger partial charge in [0.2, 0.25) is 5.91 Å². The second kappa shape index (κ2) is 17.8. The van der Waals surface area contributed by atoms with E-state index in [1.165, 1.54) is 0 Å². The monoisotopic (exact) mass is 602 g/mol. The predicted molar refractivity (Wildman–Crippen MR) is 156 cm³/mol. The molecule has 0 radical (unpaired) electrons. The lowest BCUT2D eigenvalue weighted by atomic mass is 9.83. The van der Waals surface area contributed by atoms with Crippen molar-refractivity contribution < 1.29 is 39.1 Å². The normalized spacial score (nSPS) is 36.1. The first-order valence-corrected chi connectivity index (χ1v) is 15.3. The van der Waals surface area contributed by atoms with Crippen molar-refractivity contribution in [1.82, 2.24) is 16.0 Å². The summed E-state index contributed by atoms with van der Waals surface area (Å²) in [6.07, 6.45) is -0.573. The van der Waals surface area contributed by atoms with Crippen molar-refractivity contribution in [3.8, 4) is 0 Å². The molecule has 1 saturated carbocycles. The maximum atomic E-state index is 12.6. The van der Waals surface area contributed by atoms with Gasteiger partial charge in [0.05, 0.1) is 25.3 Å². The van der Waals surface area contributed by atoms with E-state index < -0.39 is 55.2 Å². The first-order chi connectivity index (χ1) is 20.2. The van der Waals surface area contributed by atoms with Crippen LogP contribution in [0.3, 0.4) is 0 Å². The third-order valence-electron chi connectivity index (χ3n) is 8.17. The van der Waals surface area contributed by atoms with Gasteiger partial charge in [-0.3, -0.25) is 4.79 Å². The van der Waals surface area contributed by atoms with Crippen LogP contribution >= 0.6 is 0 Å². The van der Waals surface area contributed by atoms with Crippen molar-refractivity contribution in [2.75, 3.05) is 39.8 Å². The number of carbonyl (C=O) groups is 1. The summed E-state index contributed by atoms with van der Waals surface area (Å²) in [4.78, 5) is 12.6. The number of likely N-dealkylation sites (N-methyl/N-ethyl adjacent to an activating group) is 1. The van der Waals surface area contributed by atoms with Crippen LogP contribution in [0.1, 0.15) is 51.9 Å². The van der Waals surface area contributed by atoms with E-state index in [4.69, 9.17) is 36.1 Å². The Kier molecular flexibility index (Phi) is 14.8. The number of nitrogens with one attached hydrogen (secondary N) is 3. The second-order valence-electron chi connectivity index (χ2n) is 11.7. The minimum Gasteiger partial charge on any atom is -0.468 e. The Morgan fingerprint density at radius 1 is 1.17 bits per heavy atom. The van der Waals surface area contributed by atoms with E-state index in [-0.39, 0.29) is 30.7 Å². The molecule has 0 aromatic rings. The topological polar surface area (TPSA) is 229 Å². The van der Waals surface area contributed by atoms with Gasteiger partial charge in [-0.15, -0.1) is 0 Å². The molecule has 1 unspecified atom stereocenters.